The summed E-state index contributed by atoms with van der Waals surface area (Å²) in [5.74, 6) is 0.219. The molecule has 0 saturated heterocycles. The van der Waals surface area contributed by atoms with Crippen molar-refractivity contribution in [3.63, 3.8) is 0 Å². The van der Waals surface area contributed by atoms with E-state index in [1.54, 1.807) is 12.4 Å². The largest absolute Gasteiger partial charge is 0.397 e. The minimum absolute atomic E-state index is 0.0956. The van der Waals surface area contributed by atoms with Gasteiger partial charge in [0.05, 0.1) is 11.4 Å². The van der Waals surface area contributed by atoms with Gasteiger partial charge in [0.15, 0.2) is 0 Å². The van der Waals surface area contributed by atoms with Crippen LogP contribution in [0.15, 0.2) is 42.7 Å². The van der Waals surface area contributed by atoms with Gasteiger partial charge in [-0.3, -0.25) is 9.78 Å². The lowest BCUT2D eigenvalue weighted by atomic mass is 9.88. The van der Waals surface area contributed by atoms with Gasteiger partial charge in [-0.1, -0.05) is 25.3 Å². The van der Waals surface area contributed by atoms with E-state index in [4.69, 9.17) is 5.73 Å². The number of hydrogen-bond acceptors (Lipinski definition) is 3. The van der Waals surface area contributed by atoms with E-state index in [9.17, 15) is 4.79 Å². The molecule has 1 aromatic heterocycles. The van der Waals surface area contributed by atoms with Gasteiger partial charge in [-0.15, -0.1) is 0 Å². The van der Waals surface area contributed by atoms with Crippen LogP contribution < -0.4 is 11.1 Å². The second-order valence-corrected chi connectivity index (χ2v) is 5.86. The zero-order valence-corrected chi connectivity index (χ0v) is 12.6. The lowest BCUT2D eigenvalue weighted by Crippen LogP contribution is -2.25. The Morgan fingerprint density at radius 2 is 1.77 bits per heavy atom. The molecule has 1 aliphatic carbocycles. The van der Waals surface area contributed by atoms with Gasteiger partial charge in [0, 0.05) is 18.3 Å². The Labute approximate surface area is 130 Å². The Kier molecular flexibility index (Phi) is 4.37. The summed E-state index contributed by atoms with van der Waals surface area (Å²) in [4.78, 5) is 16.4. The Balaban J connectivity index is 1.79. The molecule has 0 bridgehead atoms. The number of nitrogens with two attached hydrogens (primary N) is 1. The normalized spacial score (nSPS) is 15.5. The quantitative estimate of drug-likeness (QED) is 0.845. The molecule has 3 N–H and O–H groups in total. The number of benzene rings is 1. The molecule has 0 atom stereocenters. The SMILES string of the molecule is Nc1ccc(-c2ccncc2)cc1NC(=O)C1CCCCC1. The number of pyridine rings is 1. The second-order valence-electron chi connectivity index (χ2n) is 5.86. The number of hydrogen-bond donors (Lipinski definition) is 2. The van der Waals surface area contributed by atoms with Crippen LogP contribution in [0.3, 0.4) is 0 Å². The van der Waals surface area contributed by atoms with Crippen LogP contribution in [0.1, 0.15) is 32.1 Å². The molecule has 114 valence electrons. The first-order chi connectivity index (χ1) is 10.7. The second kappa shape index (κ2) is 6.60. The molecule has 4 heteroatoms. The molecule has 1 aromatic carbocycles. The Hall–Kier alpha value is -2.36. The fourth-order valence-corrected chi connectivity index (χ4v) is 2.99. The Bertz CT molecular complexity index is 649. The molecule has 1 fully saturated rings. The van der Waals surface area contributed by atoms with Crippen LogP contribution in [0.2, 0.25) is 0 Å². The Morgan fingerprint density at radius 3 is 2.50 bits per heavy atom. The van der Waals surface area contributed by atoms with E-state index < -0.39 is 0 Å². The highest BCUT2D eigenvalue weighted by Crippen LogP contribution is 2.29. The third kappa shape index (κ3) is 3.27. The zero-order chi connectivity index (χ0) is 15.4. The number of amides is 1. The number of carbonyl (C=O) groups is 1. The van der Waals surface area contributed by atoms with Gasteiger partial charge >= 0.3 is 0 Å². The van der Waals surface area contributed by atoms with Gasteiger partial charge in [0.1, 0.15) is 0 Å². The van der Waals surface area contributed by atoms with Crippen molar-refractivity contribution >= 4 is 17.3 Å². The van der Waals surface area contributed by atoms with Crippen molar-refractivity contribution < 1.29 is 4.79 Å². The minimum Gasteiger partial charge on any atom is -0.397 e. The predicted molar refractivity (Wildman–Crippen MR) is 89.3 cm³/mol. The number of nitrogens with zero attached hydrogens (tertiary/aromatic N) is 1. The highest BCUT2D eigenvalue weighted by molar-refractivity contribution is 5.96. The van der Waals surface area contributed by atoms with Gasteiger partial charge in [-0.2, -0.15) is 0 Å². The highest BCUT2D eigenvalue weighted by Gasteiger charge is 2.21. The molecule has 22 heavy (non-hydrogen) atoms. The lowest BCUT2D eigenvalue weighted by Gasteiger charge is -2.21. The van der Waals surface area contributed by atoms with E-state index in [-0.39, 0.29) is 11.8 Å². The summed E-state index contributed by atoms with van der Waals surface area (Å²) in [5, 5.41) is 3.01. The van der Waals surface area contributed by atoms with Gasteiger partial charge < -0.3 is 11.1 Å². The smallest absolute Gasteiger partial charge is 0.227 e. The molecule has 1 aliphatic rings. The summed E-state index contributed by atoms with van der Waals surface area (Å²) >= 11 is 0. The monoisotopic (exact) mass is 295 g/mol. The predicted octanol–water partition coefficient (Wildman–Crippen LogP) is 3.85. The standard InChI is InChI=1S/C18H21N3O/c19-16-7-6-15(13-8-10-20-11-9-13)12-17(16)21-18(22)14-4-2-1-3-5-14/h6-12,14H,1-5,19H2,(H,21,22). The third-order valence-electron chi connectivity index (χ3n) is 4.30. The summed E-state index contributed by atoms with van der Waals surface area (Å²) < 4.78 is 0. The molecule has 2 aromatic rings. The number of rotatable bonds is 3. The summed E-state index contributed by atoms with van der Waals surface area (Å²) in [5.41, 5.74) is 9.40. The van der Waals surface area contributed by atoms with E-state index in [1.807, 2.05) is 30.3 Å². The highest BCUT2D eigenvalue weighted by atomic mass is 16.1. The summed E-state index contributed by atoms with van der Waals surface area (Å²) in [6, 6.07) is 9.62. The molecule has 3 rings (SSSR count). The van der Waals surface area contributed by atoms with Crippen LogP contribution in [0, 0.1) is 5.92 Å². The number of anilines is 2. The maximum Gasteiger partial charge on any atom is 0.227 e. The van der Waals surface area contributed by atoms with E-state index in [2.05, 4.69) is 10.3 Å². The molecular weight excluding hydrogens is 274 g/mol. The van der Waals surface area contributed by atoms with E-state index in [0.29, 0.717) is 11.4 Å². The molecule has 0 unspecified atom stereocenters. The topological polar surface area (TPSA) is 68.0 Å². The van der Waals surface area contributed by atoms with Crippen LogP contribution in [0.4, 0.5) is 11.4 Å². The molecule has 1 amide bonds. The van der Waals surface area contributed by atoms with Crippen LogP contribution in [0.5, 0.6) is 0 Å². The minimum atomic E-state index is 0.0956. The first-order valence-electron chi connectivity index (χ1n) is 7.85. The number of nitrogens with one attached hydrogen (secondary N) is 1. The first kappa shape index (κ1) is 14.6. The van der Waals surface area contributed by atoms with Crippen LogP contribution in [0.25, 0.3) is 11.1 Å². The summed E-state index contributed by atoms with van der Waals surface area (Å²) in [7, 11) is 0. The maximum atomic E-state index is 12.4. The van der Waals surface area contributed by atoms with Crippen LogP contribution >= 0.6 is 0 Å². The maximum absolute atomic E-state index is 12.4. The van der Waals surface area contributed by atoms with Crippen LogP contribution in [-0.2, 0) is 4.79 Å². The molecule has 0 radical (unpaired) electrons. The summed E-state index contributed by atoms with van der Waals surface area (Å²) in [6.07, 6.45) is 9.00. The van der Waals surface area contributed by atoms with Gasteiger partial charge in [-0.25, -0.2) is 0 Å². The van der Waals surface area contributed by atoms with Crippen molar-refractivity contribution in [1.82, 2.24) is 4.98 Å². The number of aromatic nitrogens is 1. The van der Waals surface area contributed by atoms with E-state index >= 15 is 0 Å². The molecule has 4 nitrogen and oxygen atoms in total. The fourth-order valence-electron chi connectivity index (χ4n) is 2.99. The molecule has 0 aliphatic heterocycles. The lowest BCUT2D eigenvalue weighted by molar-refractivity contribution is -0.120. The van der Waals surface area contributed by atoms with Crippen molar-refractivity contribution in [2.24, 2.45) is 5.92 Å². The van der Waals surface area contributed by atoms with Gasteiger partial charge in [0.2, 0.25) is 5.91 Å². The number of nitrogen functional groups attached to an aromatic ring is 1. The molecular formula is C18H21N3O. The van der Waals surface area contributed by atoms with Crippen molar-refractivity contribution in [2.75, 3.05) is 11.1 Å². The fraction of sp³-hybridized carbons (Fsp3) is 0.333. The number of carbonyl (C=O) groups excluding carboxylic acids is 1. The summed E-state index contributed by atoms with van der Waals surface area (Å²) in [6.45, 7) is 0. The van der Waals surface area contributed by atoms with Crippen molar-refractivity contribution in [3.05, 3.63) is 42.7 Å². The third-order valence-corrected chi connectivity index (χ3v) is 4.30. The molecule has 1 heterocycles. The van der Waals surface area contributed by atoms with E-state index in [0.717, 1.165) is 36.8 Å². The Morgan fingerprint density at radius 1 is 1.05 bits per heavy atom. The zero-order valence-electron chi connectivity index (χ0n) is 12.6. The van der Waals surface area contributed by atoms with Gasteiger partial charge in [0.25, 0.3) is 0 Å². The average molecular weight is 295 g/mol. The van der Waals surface area contributed by atoms with Crippen molar-refractivity contribution in [1.29, 1.82) is 0 Å². The molecule has 1 saturated carbocycles. The van der Waals surface area contributed by atoms with Gasteiger partial charge in [-0.05, 0) is 48.2 Å². The van der Waals surface area contributed by atoms with Crippen molar-refractivity contribution in [3.8, 4) is 11.1 Å². The first-order valence-corrected chi connectivity index (χ1v) is 7.85. The molecule has 0 spiro atoms. The van der Waals surface area contributed by atoms with Crippen molar-refractivity contribution in [2.45, 2.75) is 32.1 Å². The average Bonchev–Trinajstić information content (AvgIpc) is 2.58. The van der Waals surface area contributed by atoms with Crippen LogP contribution in [-0.4, -0.2) is 10.9 Å². The van der Waals surface area contributed by atoms with E-state index in [1.165, 1.54) is 6.42 Å².